The number of piperazine rings is 1. The highest BCUT2D eigenvalue weighted by molar-refractivity contribution is 6.15. The van der Waals surface area contributed by atoms with Gasteiger partial charge in [-0.1, -0.05) is 18.2 Å². The number of hydrogen-bond acceptors (Lipinski definition) is 3. The molecule has 1 saturated heterocycles. The van der Waals surface area contributed by atoms with Gasteiger partial charge in [-0.2, -0.15) is 0 Å². The van der Waals surface area contributed by atoms with E-state index < -0.39 is 5.97 Å². The molecule has 18 heavy (non-hydrogen) atoms. The Morgan fingerprint density at radius 2 is 2.11 bits per heavy atom. The topological polar surface area (TPSA) is 52.6 Å². The quantitative estimate of drug-likeness (QED) is 0.823. The number of carboxylic acids is 1. The number of hydrogen-bond donors (Lipinski definition) is 2. The number of para-hydroxylation sites is 1. The summed E-state index contributed by atoms with van der Waals surface area (Å²) in [5, 5.41) is 12.0. The highest BCUT2D eigenvalue weighted by Crippen LogP contribution is 2.15. The number of halogens is 1. The number of rotatable bonds is 3. The summed E-state index contributed by atoms with van der Waals surface area (Å²) in [6, 6.07) is 10.2. The Labute approximate surface area is 113 Å². The van der Waals surface area contributed by atoms with Gasteiger partial charge in [0, 0.05) is 37.7 Å². The first kappa shape index (κ1) is 14.8. The van der Waals surface area contributed by atoms with Crippen LogP contribution in [0.2, 0.25) is 0 Å². The van der Waals surface area contributed by atoms with Crippen LogP contribution in [0.1, 0.15) is 6.42 Å². The van der Waals surface area contributed by atoms with Gasteiger partial charge in [0.15, 0.2) is 0 Å². The van der Waals surface area contributed by atoms with Crippen LogP contribution in [0.4, 0.5) is 5.69 Å². The van der Waals surface area contributed by atoms with Gasteiger partial charge in [0.25, 0.3) is 0 Å². The minimum atomic E-state index is -0.743. The minimum absolute atomic E-state index is 0.0476. The first-order valence-electron chi connectivity index (χ1n) is 5.88. The van der Waals surface area contributed by atoms with Crippen molar-refractivity contribution in [2.45, 2.75) is 12.5 Å². The third-order valence-electron chi connectivity index (χ3n) is 2.80. The average molecular weight is 271 g/mol. The van der Waals surface area contributed by atoms with Crippen LogP contribution in [-0.4, -0.2) is 43.1 Å². The zero-order chi connectivity index (χ0) is 13.4. The summed E-state index contributed by atoms with van der Waals surface area (Å²) in [5.41, 5.74) is 1.17. The summed E-state index contributed by atoms with van der Waals surface area (Å²) in [5.74, 6) is -0.743. The van der Waals surface area contributed by atoms with E-state index in [9.17, 15) is 4.79 Å². The van der Waals surface area contributed by atoms with Gasteiger partial charge in [-0.15, -0.1) is 11.6 Å². The molecule has 5 heteroatoms. The Hall–Kier alpha value is -1.26. The number of carbonyl (C=O) groups is 1. The van der Waals surface area contributed by atoms with E-state index in [-0.39, 0.29) is 12.5 Å². The number of anilines is 1. The van der Waals surface area contributed by atoms with Crippen LogP contribution in [0, 0.1) is 0 Å². The molecular weight excluding hydrogens is 252 g/mol. The maximum absolute atomic E-state index is 10.7. The first-order chi connectivity index (χ1) is 8.75. The number of benzene rings is 1. The van der Waals surface area contributed by atoms with Gasteiger partial charge in [0.2, 0.25) is 0 Å². The van der Waals surface area contributed by atoms with Crippen molar-refractivity contribution >= 4 is 23.3 Å². The van der Waals surface area contributed by atoms with Crippen LogP contribution in [0.25, 0.3) is 0 Å². The molecule has 2 N–H and O–H groups in total. The molecule has 0 saturated carbocycles. The van der Waals surface area contributed by atoms with Gasteiger partial charge in [-0.25, -0.2) is 0 Å². The van der Waals surface area contributed by atoms with E-state index in [0.29, 0.717) is 0 Å². The number of nitrogens with one attached hydrogen (secondary N) is 1. The molecule has 0 aliphatic carbocycles. The van der Waals surface area contributed by atoms with Crippen molar-refractivity contribution in [2.75, 3.05) is 30.9 Å². The number of aliphatic carboxylic acids is 1. The third kappa shape index (κ3) is 4.55. The normalized spacial score (nSPS) is 18.8. The highest BCUT2D eigenvalue weighted by Gasteiger charge is 2.21. The molecule has 1 unspecified atom stereocenters. The lowest BCUT2D eigenvalue weighted by Crippen LogP contribution is -2.51. The Morgan fingerprint density at radius 1 is 1.44 bits per heavy atom. The Morgan fingerprint density at radius 3 is 2.72 bits per heavy atom. The van der Waals surface area contributed by atoms with Crippen LogP contribution in [0.5, 0.6) is 0 Å². The van der Waals surface area contributed by atoms with E-state index in [0.717, 1.165) is 19.6 Å². The number of alkyl halides is 1. The highest BCUT2D eigenvalue weighted by atomic mass is 35.5. The minimum Gasteiger partial charge on any atom is -0.481 e. The summed E-state index contributed by atoms with van der Waals surface area (Å²) in [7, 11) is 0. The molecule has 1 aliphatic rings. The predicted octanol–water partition coefficient (Wildman–Crippen LogP) is 1.79. The second-order valence-electron chi connectivity index (χ2n) is 4.03. The molecule has 0 bridgehead atoms. The first-order valence-corrected chi connectivity index (χ1v) is 6.64. The molecule has 0 spiro atoms. The van der Waals surface area contributed by atoms with E-state index in [1.54, 1.807) is 0 Å². The van der Waals surface area contributed by atoms with Gasteiger partial charge in [-0.05, 0) is 12.1 Å². The largest absolute Gasteiger partial charge is 0.481 e. The molecule has 1 fully saturated rings. The third-order valence-corrected chi connectivity index (χ3v) is 2.80. The zero-order valence-electron chi connectivity index (χ0n) is 10.5. The average Bonchev–Trinajstić information content (AvgIpc) is 2.42. The van der Waals surface area contributed by atoms with Crippen LogP contribution >= 0.6 is 11.6 Å². The van der Waals surface area contributed by atoms with Crippen molar-refractivity contribution in [2.24, 2.45) is 0 Å². The maximum atomic E-state index is 10.7. The molecule has 1 aliphatic heterocycles. The van der Waals surface area contributed by atoms with Gasteiger partial charge in [0.05, 0.1) is 6.42 Å². The molecule has 4 nitrogen and oxygen atoms in total. The molecule has 1 atom stereocenters. The van der Waals surface area contributed by atoms with E-state index >= 15 is 0 Å². The molecule has 1 aromatic rings. The summed E-state index contributed by atoms with van der Waals surface area (Å²) in [6.45, 7) is 2.53. The van der Waals surface area contributed by atoms with Crippen LogP contribution in [0.3, 0.4) is 0 Å². The van der Waals surface area contributed by atoms with Crippen LogP contribution in [0.15, 0.2) is 30.3 Å². The fraction of sp³-hybridized carbons (Fsp3) is 0.462. The predicted molar refractivity (Wildman–Crippen MR) is 74.5 cm³/mol. The van der Waals surface area contributed by atoms with Crippen LogP contribution in [-0.2, 0) is 4.79 Å². The Kier molecular flexibility index (Phi) is 6.54. The van der Waals surface area contributed by atoms with Crippen molar-refractivity contribution in [3.05, 3.63) is 30.3 Å². The van der Waals surface area contributed by atoms with Crippen molar-refractivity contribution < 1.29 is 9.90 Å². The van der Waals surface area contributed by atoms with Crippen LogP contribution < -0.4 is 10.2 Å². The van der Waals surface area contributed by atoms with E-state index in [4.69, 9.17) is 5.11 Å². The molecular formula is C13H19ClN2O2. The summed E-state index contributed by atoms with van der Waals surface area (Å²) in [6.07, 6.45) is 1.66. The summed E-state index contributed by atoms with van der Waals surface area (Å²) >= 11 is 4.64. The van der Waals surface area contributed by atoms with E-state index in [2.05, 4.69) is 34.0 Å². The molecule has 100 valence electrons. The molecule has 0 amide bonds. The zero-order valence-corrected chi connectivity index (χ0v) is 11.2. The maximum Gasteiger partial charge on any atom is 0.304 e. The van der Waals surface area contributed by atoms with Crippen molar-refractivity contribution in [3.8, 4) is 0 Å². The monoisotopic (exact) mass is 270 g/mol. The molecule has 2 rings (SSSR count). The second kappa shape index (κ2) is 7.95. The second-order valence-corrected chi connectivity index (χ2v) is 4.03. The Bertz CT molecular complexity index is 359. The summed E-state index contributed by atoms with van der Waals surface area (Å²) in [4.78, 5) is 12.9. The van der Waals surface area contributed by atoms with Gasteiger partial charge in [0.1, 0.15) is 0 Å². The van der Waals surface area contributed by atoms with Gasteiger partial charge >= 0.3 is 5.97 Å². The van der Waals surface area contributed by atoms with E-state index in [1.165, 1.54) is 12.1 Å². The molecule has 1 heterocycles. The fourth-order valence-corrected chi connectivity index (χ4v) is 2.05. The number of carboxylic acid groups (broad SMARTS) is 1. The van der Waals surface area contributed by atoms with Crippen molar-refractivity contribution in [1.29, 1.82) is 0 Å². The fourth-order valence-electron chi connectivity index (χ4n) is 2.05. The Balaban J connectivity index is 0.000000771. The standard InChI is InChI=1S/C12H16N2O2.CH3Cl/c15-12(16)8-10-9-14(7-6-13-10)11-4-2-1-3-5-11;1-2/h1-5,10,13H,6-9H2,(H,15,16);1H3. The van der Waals surface area contributed by atoms with Gasteiger partial charge < -0.3 is 15.3 Å². The van der Waals surface area contributed by atoms with Crippen molar-refractivity contribution in [3.63, 3.8) is 0 Å². The van der Waals surface area contributed by atoms with Gasteiger partial charge in [-0.3, -0.25) is 4.79 Å². The number of nitrogens with zero attached hydrogens (tertiary/aromatic N) is 1. The lowest BCUT2D eigenvalue weighted by molar-refractivity contribution is -0.137. The smallest absolute Gasteiger partial charge is 0.304 e. The lowest BCUT2D eigenvalue weighted by atomic mass is 10.1. The SMILES string of the molecule is CCl.O=C(O)CC1CN(c2ccccc2)CCN1. The molecule has 0 aromatic heterocycles. The molecule has 0 radical (unpaired) electrons. The van der Waals surface area contributed by atoms with Crippen molar-refractivity contribution in [1.82, 2.24) is 5.32 Å². The van der Waals surface area contributed by atoms with E-state index in [1.807, 2.05) is 18.2 Å². The lowest BCUT2D eigenvalue weighted by Gasteiger charge is -2.34. The molecule has 1 aromatic carbocycles. The summed E-state index contributed by atoms with van der Waals surface area (Å²) < 4.78 is 0.